The molecular weight excluding hydrogens is 293 g/mol. The van der Waals surface area contributed by atoms with Gasteiger partial charge >= 0.3 is 0 Å². The minimum Gasteiger partial charge on any atom is -0.396 e. The molecule has 18 heavy (non-hydrogen) atoms. The molecule has 2 aromatic rings. The lowest BCUT2D eigenvalue weighted by Gasteiger charge is -2.08. The number of nitrogen functional groups attached to an aromatic ring is 1. The molecule has 0 fully saturated rings. The van der Waals surface area contributed by atoms with Gasteiger partial charge in [0.25, 0.3) is 0 Å². The first-order valence-electron chi connectivity index (χ1n) is 4.83. The Morgan fingerprint density at radius 1 is 1.11 bits per heavy atom. The number of nitrogens with zero attached hydrogens (tertiary/aromatic N) is 2. The molecule has 0 spiro atoms. The number of anilines is 1. The molecule has 0 aliphatic carbocycles. The van der Waals surface area contributed by atoms with Crippen LogP contribution in [0.15, 0.2) is 24.4 Å². The Bertz CT molecular complexity index is 639. The summed E-state index contributed by atoms with van der Waals surface area (Å²) in [4.78, 5) is 4.12. The van der Waals surface area contributed by atoms with Crippen LogP contribution in [0.4, 0.5) is 5.69 Å². The third-order valence-corrected chi connectivity index (χ3v) is 3.13. The van der Waals surface area contributed by atoms with Gasteiger partial charge in [0.05, 0.1) is 33.2 Å². The van der Waals surface area contributed by atoms with E-state index in [1.165, 1.54) is 12.3 Å². The zero-order valence-electron chi connectivity index (χ0n) is 8.92. The number of halogens is 3. The molecule has 0 radical (unpaired) electrons. The molecule has 0 aliphatic heterocycles. The van der Waals surface area contributed by atoms with E-state index in [1.54, 1.807) is 12.1 Å². The summed E-state index contributed by atoms with van der Waals surface area (Å²) < 4.78 is 0. The van der Waals surface area contributed by atoms with Crippen LogP contribution in [0.25, 0.3) is 11.3 Å². The summed E-state index contributed by atoms with van der Waals surface area (Å²) in [5.74, 6) is 0. The molecule has 3 nitrogen and oxygen atoms in total. The Morgan fingerprint density at radius 3 is 2.28 bits per heavy atom. The second kappa shape index (κ2) is 5.03. The van der Waals surface area contributed by atoms with Crippen LogP contribution in [0.1, 0.15) is 5.56 Å². The number of hydrogen-bond donors (Lipinski definition) is 1. The molecule has 0 saturated carbocycles. The molecule has 0 atom stereocenters. The molecule has 0 aliphatic rings. The van der Waals surface area contributed by atoms with Crippen molar-refractivity contribution in [3.8, 4) is 17.3 Å². The predicted molar refractivity (Wildman–Crippen MR) is 73.8 cm³/mol. The van der Waals surface area contributed by atoms with E-state index in [2.05, 4.69) is 4.98 Å². The van der Waals surface area contributed by atoms with Crippen LogP contribution in [0.3, 0.4) is 0 Å². The topological polar surface area (TPSA) is 62.7 Å². The lowest BCUT2D eigenvalue weighted by atomic mass is 10.1. The fourth-order valence-electron chi connectivity index (χ4n) is 1.49. The minimum atomic E-state index is 0.308. The van der Waals surface area contributed by atoms with Crippen molar-refractivity contribution >= 4 is 40.5 Å². The monoisotopic (exact) mass is 297 g/mol. The second-order valence-corrected chi connectivity index (χ2v) is 4.76. The van der Waals surface area contributed by atoms with E-state index in [0.717, 1.165) is 0 Å². The molecule has 0 amide bonds. The summed E-state index contributed by atoms with van der Waals surface area (Å²) in [5.41, 5.74) is 7.24. The Balaban J connectivity index is 2.67. The summed E-state index contributed by atoms with van der Waals surface area (Å²) in [5, 5.41) is 10.1. The van der Waals surface area contributed by atoms with Crippen LogP contribution in [0, 0.1) is 11.3 Å². The van der Waals surface area contributed by atoms with Gasteiger partial charge in [0.2, 0.25) is 0 Å². The van der Waals surface area contributed by atoms with Crippen molar-refractivity contribution in [3.63, 3.8) is 0 Å². The van der Waals surface area contributed by atoms with Crippen LogP contribution in [0.2, 0.25) is 15.1 Å². The highest BCUT2D eigenvalue weighted by Gasteiger charge is 2.13. The van der Waals surface area contributed by atoms with Gasteiger partial charge in [-0.1, -0.05) is 34.8 Å². The average Bonchev–Trinajstić information content (AvgIpc) is 2.30. The molecule has 0 bridgehead atoms. The molecule has 1 heterocycles. The van der Waals surface area contributed by atoms with E-state index in [1.807, 2.05) is 6.07 Å². The van der Waals surface area contributed by atoms with Gasteiger partial charge in [0.15, 0.2) is 0 Å². The number of benzene rings is 1. The molecule has 1 aromatic carbocycles. The van der Waals surface area contributed by atoms with Crippen LogP contribution in [-0.4, -0.2) is 4.98 Å². The van der Waals surface area contributed by atoms with Gasteiger partial charge in [-0.05, 0) is 18.2 Å². The molecule has 2 rings (SSSR count). The number of pyridine rings is 1. The SMILES string of the molecule is N#Cc1cc(-c2c(Cl)cc(Cl)cc2Cl)ncc1N. The zero-order chi connectivity index (χ0) is 13.3. The number of nitrogens with two attached hydrogens (primary N) is 1. The Labute approximate surface area is 119 Å². The van der Waals surface area contributed by atoms with Gasteiger partial charge in [-0.2, -0.15) is 5.26 Å². The fraction of sp³-hybridized carbons (Fsp3) is 0. The minimum absolute atomic E-state index is 0.308. The van der Waals surface area contributed by atoms with Crippen molar-refractivity contribution in [2.45, 2.75) is 0 Å². The summed E-state index contributed by atoms with van der Waals surface area (Å²) in [6.07, 6.45) is 1.40. The van der Waals surface area contributed by atoms with E-state index < -0.39 is 0 Å². The lowest BCUT2D eigenvalue weighted by Crippen LogP contribution is -1.94. The third kappa shape index (κ3) is 2.37. The van der Waals surface area contributed by atoms with Gasteiger partial charge < -0.3 is 5.73 Å². The first kappa shape index (κ1) is 13.0. The second-order valence-electron chi connectivity index (χ2n) is 3.51. The maximum atomic E-state index is 8.93. The number of nitriles is 1. The van der Waals surface area contributed by atoms with Crippen LogP contribution >= 0.6 is 34.8 Å². The Hall–Kier alpha value is -1.47. The molecule has 0 unspecified atom stereocenters. The van der Waals surface area contributed by atoms with Crippen LogP contribution < -0.4 is 5.73 Å². The average molecular weight is 299 g/mol. The van der Waals surface area contributed by atoms with Gasteiger partial charge in [-0.3, -0.25) is 4.98 Å². The normalized spacial score (nSPS) is 10.1. The summed E-state index contributed by atoms with van der Waals surface area (Å²) in [6, 6.07) is 6.64. The van der Waals surface area contributed by atoms with Crippen molar-refractivity contribution in [1.29, 1.82) is 5.26 Å². The van der Waals surface area contributed by atoms with Crippen molar-refractivity contribution in [2.75, 3.05) is 5.73 Å². The van der Waals surface area contributed by atoms with E-state index in [-0.39, 0.29) is 0 Å². The van der Waals surface area contributed by atoms with E-state index in [4.69, 9.17) is 45.8 Å². The van der Waals surface area contributed by atoms with Crippen molar-refractivity contribution in [1.82, 2.24) is 4.98 Å². The quantitative estimate of drug-likeness (QED) is 0.859. The van der Waals surface area contributed by atoms with Crippen molar-refractivity contribution in [2.24, 2.45) is 0 Å². The highest BCUT2D eigenvalue weighted by Crippen LogP contribution is 2.36. The van der Waals surface area contributed by atoms with E-state index >= 15 is 0 Å². The van der Waals surface area contributed by atoms with Crippen molar-refractivity contribution in [3.05, 3.63) is 45.0 Å². The number of rotatable bonds is 1. The molecule has 2 N–H and O–H groups in total. The van der Waals surface area contributed by atoms with E-state index in [0.29, 0.717) is 37.6 Å². The third-order valence-electron chi connectivity index (χ3n) is 2.32. The van der Waals surface area contributed by atoms with Crippen LogP contribution in [-0.2, 0) is 0 Å². The molecule has 90 valence electrons. The smallest absolute Gasteiger partial charge is 0.101 e. The highest BCUT2D eigenvalue weighted by atomic mass is 35.5. The first-order chi connectivity index (χ1) is 8.52. The predicted octanol–water partition coefficient (Wildman–Crippen LogP) is 4.16. The molecule has 6 heteroatoms. The maximum absolute atomic E-state index is 8.93. The summed E-state index contributed by atoms with van der Waals surface area (Å²) in [7, 11) is 0. The van der Waals surface area contributed by atoms with Crippen LogP contribution in [0.5, 0.6) is 0 Å². The van der Waals surface area contributed by atoms with Gasteiger partial charge in [0.1, 0.15) is 6.07 Å². The van der Waals surface area contributed by atoms with Gasteiger partial charge in [0, 0.05) is 10.6 Å². The zero-order valence-corrected chi connectivity index (χ0v) is 11.2. The largest absolute Gasteiger partial charge is 0.396 e. The van der Waals surface area contributed by atoms with E-state index in [9.17, 15) is 0 Å². The molecular formula is C12H6Cl3N3. The summed E-state index contributed by atoms with van der Waals surface area (Å²) >= 11 is 18.0. The summed E-state index contributed by atoms with van der Waals surface area (Å²) in [6.45, 7) is 0. The standard InChI is InChI=1S/C12H6Cl3N3/c13-7-2-8(14)12(9(15)3-7)11-1-6(4-16)10(17)5-18-11/h1-3,5H,17H2. The Morgan fingerprint density at radius 2 is 1.72 bits per heavy atom. The number of aromatic nitrogens is 1. The highest BCUT2D eigenvalue weighted by molar-refractivity contribution is 6.41. The van der Waals surface area contributed by atoms with Gasteiger partial charge in [-0.25, -0.2) is 0 Å². The first-order valence-corrected chi connectivity index (χ1v) is 5.97. The molecule has 1 aromatic heterocycles. The fourth-order valence-corrected chi connectivity index (χ4v) is 2.50. The lowest BCUT2D eigenvalue weighted by molar-refractivity contribution is 1.31. The van der Waals surface area contributed by atoms with Crippen molar-refractivity contribution < 1.29 is 0 Å². The molecule has 0 saturated heterocycles. The maximum Gasteiger partial charge on any atom is 0.101 e. The number of hydrogen-bond acceptors (Lipinski definition) is 3. The Kier molecular flexibility index (Phi) is 3.63. The van der Waals surface area contributed by atoms with Gasteiger partial charge in [-0.15, -0.1) is 0 Å².